The van der Waals surface area contributed by atoms with E-state index < -0.39 is 5.60 Å². The second-order valence-corrected chi connectivity index (χ2v) is 8.42. The first-order valence-electron chi connectivity index (χ1n) is 9.95. The molecule has 150 valence electrons. The lowest BCUT2D eigenvalue weighted by Crippen LogP contribution is -2.15. The van der Waals surface area contributed by atoms with Gasteiger partial charge in [-0.25, -0.2) is 4.68 Å². The van der Waals surface area contributed by atoms with Gasteiger partial charge in [0.15, 0.2) is 0 Å². The third-order valence-corrected chi connectivity index (χ3v) is 5.89. The summed E-state index contributed by atoms with van der Waals surface area (Å²) in [4.78, 5) is 4.84. The summed E-state index contributed by atoms with van der Waals surface area (Å²) in [6.45, 7) is 7.03. The number of pyridine rings is 1. The topological polar surface area (TPSA) is 78.0 Å². The van der Waals surface area contributed by atoms with Crippen molar-refractivity contribution in [2.45, 2.75) is 38.8 Å². The van der Waals surface area contributed by atoms with Crippen molar-refractivity contribution in [1.29, 1.82) is 0 Å². The van der Waals surface area contributed by atoms with Crippen molar-refractivity contribution in [3.63, 3.8) is 0 Å². The number of aliphatic hydroxyl groups is 1. The summed E-state index contributed by atoms with van der Waals surface area (Å²) in [6.07, 6.45) is 2.86. The number of aromatic nitrogens is 5. The van der Waals surface area contributed by atoms with Gasteiger partial charge < -0.3 is 14.4 Å². The van der Waals surface area contributed by atoms with Crippen LogP contribution in [0.3, 0.4) is 0 Å². The molecule has 0 radical (unpaired) electrons. The van der Waals surface area contributed by atoms with Crippen molar-refractivity contribution < 1.29 is 9.84 Å². The zero-order valence-corrected chi connectivity index (χ0v) is 17.2. The minimum Gasteiger partial charge on any atom is -0.386 e. The van der Waals surface area contributed by atoms with Gasteiger partial charge in [0.1, 0.15) is 0 Å². The third-order valence-electron chi connectivity index (χ3n) is 5.89. The van der Waals surface area contributed by atoms with Crippen LogP contribution in [-0.2, 0) is 17.4 Å². The molecule has 0 bridgehead atoms. The normalized spacial score (nSPS) is 17.6. The maximum absolute atomic E-state index is 10.5. The Hall–Kier alpha value is -2.77. The van der Waals surface area contributed by atoms with Crippen molar-refractivity contribution in [3.05, 3.63) is 41.7 Å². The number of hydrogen-bond acceptors (Lipinski definition) is 5. The van der Waals surface area contributed by atoms with Crippen molar-refractivity contribution in [2.75, 3.05) is 13.2 Å². The smallest absolute Gasteiger partial charge is 0.0960 e. The minimum absolute atomic E-state index is 0.245. The molecule has 0 aliphatic carbocycles. The Kier molecular flexibility index (Phi) is 4.01. The summed E-state index contributed by atoms with van der Waals surface area (Å²) >= 11 is 0. The number of benzene rings is 1. The molecule has 1 unspecified atom stereocenters. The van der Waals surface area contributed by atoms with E-state index in [9.17, 15) is 5.11 Å². The fourth-order valence-electron chi connectivity index (χ4n) is 4.39. The van der Waals surface area contributed by atoms with Gasteiger partial charge in [0.05, 0.1) is 46.2 Å². The van der Waals surface area contributed by atoms with E-state index >= 15 is 0 Å². The average molecular weight is 391 g/mol. The summed E-state index contributed by atoms with van der Waals surface area (Å²) in [5.74, 6) is 0. The predicted octanol–water partition coefficient (Wildman–Crippen LogP) is 3.48. The highest BCUT2D eigenvalue weighted by molar-refractivity contribution is 6.07. The largest absolute Gasteiger partial charge is 0.386 e. The first kappa shape index (κ1) is 18.3. The molecule has 0 amide bonds. The van der Waals surface area contributed by atoms with Crippen LogP contribution >= 0.6 is 0 Å². The van der Waals surface area contributed by atoms with Crippen LogP contribution in [0.25, 0.3) is 33.2 Å². The molecule has 0 saturated carbocycles. The Morgan fingerprint density at radius 1 is 1.21 bits per heavy atom. The summed E-state index contributed by atoms with van der Waals surface area (Å²) in [7, 11) is 1.90. The second kappa shape index (κ2) is 6.37. The molecule has 29 heavy (non-hydrogen) atoms. The fourth-order valence-corrected chi connectivity index (χ4v) is 4.39. The molecule has 0 spiro atoms. The van der Waals surface area contributed by atoms with E-state index in [4.69, 9.17) is 9.72 Å². The summed E-state index contributed by atoms with van der Waals surface area (Å²) in [5.41, 5.74) is 5.94. The molecular weight excluding hydrogens is 366 g/mol. The molecule has 3 aromatic heterocycles. The molecule has 1 N–H and O–H groups in total. The average Bonchev–Trinajstić information content (AvgIpc) is 3.38. The van der Waals surface area contributed by atoms with Crippen LogP contribution < -0.4 is 0 Å². The van der Waals surface area contributed by atoms with Gasteiger partial charge in [0.25, 0.3) is 0 Å². The molecular formula is C22H25N5O2. The standard InChI is InChI=1S/C22H25N5O2/c1-13-21(26(4)25-24-13)14-9-19-20(23-11-14)17-6-5-15(22(2,3)28)10-18(17)27(19)16-7-8-29-12-16/h5-6,9-11,16,28H,7-8,12H2,1-4H3. The molecule has 1 fully saturated rings. The van der Waals surface area contributed by atoms with Gasteiger partial charge in [-0.1, -0.05) is 17.3 Å². The Balaban J connectivity index is 1.82. The predicted molar refractivity (Wildman–Crippen MR) is 112 cm³/mol. The molecule has 1 atom stereocenters. The first-order chi connectivity index (χ1) is 13.8. The van der Waals surface area contributed by atoms with E-state index in [1.165, 1.54) is 0 Å². The van der Waals surface area contributed by atoms with E-state index in [1.807, 2.05) is 40.1 Å². The van der Waals surface area contributed by atoms with E-state index in [0.29, 0.717) is 6.61 Å². The Labute approximate surface area is 168 Å². The lowest BCUT2D eigenvalue weighted by atomic mass is 9.97. The highest BCUT2D eigenvalue weighted by atomic mass is 16.5. The van der Waals surface area contributed by atoms with Gasteiger partial charge in [0.2, 0.25) is 0 Å². The number of ether oxygens (including phenoxy) is 1. The molecule has 1 aliphatic rings. The zero-order chi connectivity index (χ0) is 20.3. The van der Waals surface area contributed by atoms with E-state index in [1.54, 1.807) is 4.68 Å². The van der Waals surface area contributed by atoms with Gasteiger partial charge in [-0.2, -0.15) is 0 Å². The highest BCUT2D eigenvalue weighted by Crippen LogP contribution is 2.37. The fraction of sp³-hybridized carbons (Fsp3) is 0.409. The van der Waals surface area contributed by atoms with Crippen LogP contribution in [-0.4, -0.2) is 42.9 Å². The lowest BCUT2D eigenvalue weighted by molar-refractivity contribution is 0.0787. The Morgan fingerprint density at radius 2 is 2.03 bits per heavy atom. The monoisotopic (exact) mass is 391 g/mol. The van der Waals surface area contributed by atoms with E-state index in [2.05, 4.69) is 33.1 Å². The summed E-state index contributed by atoms with van der Waals surface area (Å²) < 4.78 is 9.83. The molecule has 7 heteroatoms. The number of aryl methyl sites for hydroxylation is 2. The third kappa shape index (κ3) is 2.84. The van der Waals surface area contributed by atoms with Gasteiger partial charge >= 0.3 is 0 Å². The van der Waals surface area contributed by atoms with Crippen molar-refractivity contribution in [3.8, 4) is 11.3 Å². The van der Waals surface area contributed by atoms with Crippen LogP contribution in [0.4, 0.5) is 0 Å². The van der Waals surface area contributed by atoms with Crippen LogP contribution in [0.2, 0.25) is 0 Å². The van der Waals surface area contributed by atoms with Gasteiger partial charge in [-0.3, -0.25) is 4.98 Å². The number of hydrogen-bond donors (Lipinski definition) is 1. The van der Waals surface area contributed by atoms with Crippen LogP contribution in [0.5, 0.6) is 0 Å². The maximum Gasteiger partial charge on any atom is 0.0960 e. The number of nitrogens with zero attached hydrogens (tertiary/aromatic N) is 5. The van der Waals surface area contributed by atoms with Crippen LogP contribution in [0.1, 0.15) is 37.6 Å². The molecule has 7 nitrogen and oxygen atoms in total. The minimum atomic E-state index is -0.905. The van der Waals surface area contributed by atoms with Crippen LogP contribution in [0, 0.1) is 6.92 Å². The van der Waals surface area contributed by atoms with Crippen LogP contribution in [0.15, 0.2) is 30.5 Å². The summed E-state index contributed by atoms with van der Waals surface area (Å²) in [5, 5.41) is 20.0. The van der Waals surface area contributed by atoms with Crippen molar-refractivity contribution in [1.82, 2.24) is 24.5 Å². The molecule has 4 heterocycles. The molecule has 5 rings (SSSR count). The molecule has 1 aromatic carbocycles. The van der Waals surface area contributed by atoms with Gasteiger partial charge in [-0.05, 0) is 44.9 Å². The van der Waals surface area contributed by atoms with E-state index in [-0.39, 0.29) is 6.04 Å². The van der Waals surface area contributed by atoms with Gasteiger partial charge in [0, 0.05) is 30.8 Å². The van der Waals surface area contributed by atoms with Crippen molar-refractivity contribution >= 4 is 21.9 Å². The quantitative estimate of drug-likeness (QED) is 0.578. The number of fused-ring (bicyclic) bond motifs is 3. The Morgan fingerprint density at radius 3 is 2.69 bits per heavy atom. The Bertz CT molecular complexity index is 1210. The van der Waals surface area contributed by atoms with Crippen molar-refractivity contribution in [2.24, 2.45) is 7.05 Å². The first-order valence-corrected chi connectivity index (χ1v) is 9.95. The lowest BCUT2D eigenvalue weighted by Gasteiger charge is -2.19. The SMILES string of the molecule is Cc1nnn(C)c1-c1cnc2c3ccc(C(C)(C)O)cc3n(C3CCOC3)c2c1. The second-order valence-electron chi connectivity index (χ2n) is 8.42. The van der Waals surface area contributed by atoms with Gasteiger partial charge in [-0.15, -0.1) is 5.10 Å². The molecule has 1 aliphatic heterocycles. The maximum atomic E-state index is 10.5. The number of rotatable bonds is 3. The highest BCUT2D eigenvalue weighted by Gasteiger charge is 2.25. The van der Waals surface area contributed by atoms with E-state index in [0.717, 1.165) is 57.5 Å². The summed E-state index contributed by atoms with van der Waals surface area (Å²) in [6, 6.07) is 8.57. The molecule has 4 aromatic rings. The zero-order valence-electron chi connectivity index (χ0n) is 17.2. The molecule has 1 saturated heterocycles.